The summed E-state index contributed by atoms with van der Waals surface area (Å²) in [5.74, 6) is -2.34. The number of halogens is 2. The maximum absolute atomic E-state index is 14.1. The van der Waals surface area contributed by atoms with Crippen molar-refractivity contribution in [1.82, 2.24) is 4.90 Å². The van der Waals surface area contributed by atoms with E-state index in [1.54, 1.807) is 4.90 Å². The van der Waals surface area contributed by atoms with Gasteiger partial charge in [-0.15, -0.1) is 0 Å². The van der Waals surface area contributed by atoms with Crippen LogP contribution in [0.3, 0.4) is 0 Å². The lowest BCUT2D eigenvalue weighted by molar-refractivity contribution is -0.131. The summed E-state index contributed by atoms with van der Waals surface area (Å²) in [6, 6.07) is 11.1. The molecule has 148 valence electrons. The van der Waals surface area contributed by atoms with E-state index in [0.717, 1.165) is 16.7 Å². The molecule has 0 aliphatic carbocycles. The number of amides is 2. The molecule has 7 heteroatoms. The predicted octanol–water partition coefficient (Wildman–Crippen LogP) is 2.97. The van der Waals surface area contributed by atoms with Gasteiger partial charge in [0.25, 0.3) is 0 Å². The molecule has 0 radical (unpaired) electrons. The number of hydrogen-bond acceptors (Lipinski definition) is 3. The molecule has 0 saturated carbocycles. The van der Waals surface area contributed by atoms with E-state index in [1.165, 1.54) is 18.6 Å². The van der Waals surface area contributed by atoms with Crippen LogP contribution in [0.25, 0.3) is 0 Å². The number of nitrogens with zero attached hydrogens (tertiary/aromatic N) is 3. The van der Waals surface area contributed by atoms with Gasteiger partial charge in [0.15, 0.2) is 0 Å². The highest BCUT2D eigenvalue weighted by atomic mass is 19.1. The second-order valence-corrected chi connectivity index (χ2v) is 6.91. The minimum absolute atomic E-state index is 0.0966. The summed E-state index contributed by atoms with van der Waals surface area (Å²) in [7, 11) is 0. The Labute approximate surface area is 163 Å². The molecule has 0 unspecified atom stereocenters. The number of rotatable bonds is 4. The van der Waals surface area contributed by atoms with Gasteiger partial charge in [-0.05, 0) is 36.8 Å². The van der Waals surface area contributed by atoms with Crippen molar-refractivity contribution in [2.75, 3.05) is 42.5 Å². The predicted molar refractivity (Wildman–Crippen MR) is 104 cm³/mol. The zero-order valence-electron chi connectivity index (χ0n) is 16.0. The number of carbonyl (C=O) groups is 2. The number of anilines is 2. The Balaban J connectivity index is 1.64. The zero-order valence-corrected chi connectivity index (χ0v) is 16.0. The average Bonchev–Trinajstić information content (AvgIpc) is 2.66. The van der Waals surface area contributed by atoms with Gasteiger partial charge in [-0.3, -0.25) is 9.59 Å². The van der Waals surface area contributed by atoms with Gasteiger partial charge in [-0.1, -0.05) is 12.1 Å². The molecule has 5 nitrogen and oxygen atoms in total. The van der Waals surface area contributed by atoms with E-state index >= 15 is 0 Å². The van der Waals surface area contributed by atoms with Crippen LogP contribution in [0.2, 0.25) is 0 Å². The van der Waals surface area contributed by atoms with Crippen LogP contribution >= 0.6 is 0 Å². The van der Waals surface area contributed by atoms with Crippen LogP contribution in [0.15, 0.2) is 42.5 Å². The molecule has 3 rings (SSSR count). The smallest absolute Gasteiger partial charge is 0.242 e. The summed E-state index contributed by atoms with van der Waals surface area (Å²) in [5.41, 5.74) is 2.20. The quantitative estimate of drug-likeness (QED) is 0.810. The van der Waals surface area contributed by atoms with Crippen molar-refractivity contribution >= 4 is 23.2 Å². The number of benzene rings is 2. The first kappa shape index (κ1) is 19.8. The number of carbonyl (C=O) groups excluding carboxylic acids is 2. The third-order valence-corrected chi connectivity index (χ3v) is 4.87. The van der Waals surface area contributed by atoms with Crippen LogP contribution in [-0.4, -0.2) is 49.4 Å². The van der Waals surface area contributed by atoms with E-state index in [0.29, 0.717) is 32.2 Å². The molecular weight excluding hydrogens is 364 g/mol. The first-order valence-corrected chi connectivity index (χ1v) is 9.17. The molecule has 1 aliphatic rings. The molecule has 2 amide bonds. The van der Waals surface area contributed by atoms with Crippen molar-refractivity contribution in [3.05, 3.63) is 59.7 Å². The Hall–Kier alpha value is -2.96. The molecule has 0 bridgehead atoms. The van der Waals surface area contributed by atoms with E-state index in [9.17, 15) is 18.4 Å². The molecule has 1 aliphatic heterocycles. The Morgan fingerprint density at radius 2 is 1.75 bits per heavy atom. The van der Waals surface area contributed by atoms with Crippen molar-refractivity contribution in [1.29, 1.82) is 0 Å². The molecule has 0 N–H and O–H groups in total. The van der Waals surface area contributed by atoms with Crippen molar-refractivity contribution < 1.29 is 18.4 Å². The molecule has 1 heterocycles. The highest BCUT2D eigenvalue weighted by Crippen LogP contribution is 2.21. The van der Waals surface area contributed by atoms with Crippen molar-refractivity contribution in [3.63, 3.8) is 0 Å². The number of piperazine rings is 1. The lowest BCUT2D eigenvalue weighted by atomic mass is 10.2. The summed E-state index contributed by atoms with van der Waals surface area (Å²) >= 11 is 0. The Bertz CT molecular complexity index is 880. The average molecular weight is 387 g/mol. The van der Waals surface area contributed by atoms with Gasteiger partial charge < -0.3 is 14.7 Å². The second-order valence-electron chi connectivity index (χ2n) is 6.91. The molecule has 28 heavy (non-hydrogen) atoms. The molecule has 2 aromatic carbocycles. The van der Waals surface area contributed by atoms with E-state index in [-0.39, 0.29) is 18.1 Å². The summed E-state index contributed by atoms with van der Waals surface area (Å²) in [6.45, 7) is 5.41. The van der Waals surface area contributed by atoms with Crippen molar-refractivity contribution in [2.45, 2.75) is 13.8 Å². The van der Waals surface area contributed by atoms with Crippen LogP contribution in [0.4, 0.5) is 20.2 Å². The maximum atomic E-state index is 14.1. The maximum Gasteiger partial charge on any atom is 0.242 e. The van der Waals surface area contributed by atoms with Crippen LogP contribution in [0.5, 0.6) is 0 Å². The second kappa shape index (κ2) is 8.37. The summed E-state index contributed by atoms with van der Waals surface area (Å²) < 4.78 is 27.2. The first-order chi connectivity index (χ1) is 13.3. The monoisotopic (exact) mass is 387 g/mol. The molecule has 1 saturated heterocycles. The SMILES string of the molecule is CC(=O)N(CC(=O)N1CCN(c2cccc(C)c2)CC1)c1ccc(F)cc1F. The lowest BCUT2D eigenvalue weighted by Gasteiger charge is -2.37. The normalized spacial score (nSPS) is 14.1. The van der Waals surface area contributed by atoms with Crippen molar-refractivity contribution in [3.8, 4) is 0 Å². The standard InChI is InChI=1S/C21H23F2N3O2/c1-15-4-3-5-18(12-15)24-8-10-25(11-9-24)21(28)14-26(16(2)27)20-7-6-17(22)13-19(20)23/h3-7,12-13H,8-11,14H2,1-2H3. The Kier molecular flexibility index (Phi) is 5.92. The van der Waals surface area contributed by atoms with Crippen LogP contribution in [0, 0.1) is 18.6 Å². The van der Waals surface area contributed by atoms with E-state index in [1.807, 2.05) is 25.1 Å². The molecular formula is C21H23F2N3O2. The highest BCUT2D eigenvalue weighted by Gasteiger charge is 2.25. The third kappa shape index (κ3) is 4.47. The fraction of sp³-hybridized carbons (Fsp3) is 0.333. The highest BCUT2D eigenvalue weighted by molar-refractivity contribution is 5.97. The van der Waals surface area contributed by atoms with Gasteiger partial charge in [0, 0.05) is 44.9 Å². The van der Waals surface area contributed by atoms with Gasteiger partial charge in [0.05, 0.1) is 5.69 Å². The Morgan fingerprint density at radius 1 is 1.04 bits per heavy atom. The fourth-order valence-corrected chi connectivity index (χ4v) is 3.34. The summed E-state index contributed by atoms with van der Waals surface area (Å²) in [5, 5.41) is 0. The number of aryl methyl sites for hydroxylation is 1. The lowest BCUT2D eigenvalue weighted by Crippen LogP contribution is -2.52. The van der Waals surface area contributed by atoms with Crippen molar-refractivity contribution in [2.24, 2.45) is 0 Å². The zero-order chi connectivity index (χ0) is 20.3. The van der Waals surface area contributed by atoms with Crippen LogP contribution in [-0.2, 0) is 9.59 Å². The molecule has 0 spiro atoms. The van der Waals surface area contributed by atoms with Gasteiger partial charge in [0.2, 0.25) is 11.8 Å². The fourth-order valence-electron chi connectivity index (χ4n) is 3.34. The third-order valence-electron chi connectivity index (χ3n) is 4.87. The molecule has 2 aromatic rings. The topological polar surface area (TPSA) is 43.9 Å². The van der Waals surface area contributed by atoms with Gasteiger partial charge in [0.1, 0.15) is 18.2 Å². The van der Waals surface area contributed by atoms with E-state index in [4.69, 9.17) is 0 Å². The molecule has 0 atom stereocenters. The molecule has 0 aromatic heterocycles. The molecule has 1 fully saturated rings. The largest absolute Gasteiger partial charge is 0.368 e. The minimum Gasteiger partial charge on any atom is -0.368 e. The summed E-state index contributed by atoms with van der Waals surface area (Å²) in [4.78, 5) is 29.6. The van der Waals surface area contributed by atoms with Gasteiger partial charge >= 0.3 is 0 Å². The summed E-state index contributed by atoms with van der Waals surface area (Å²) in [6.07, 6.45) is 0. The minimum atomic E-state index is -0.868. The van der Waals surface area contributed by atoms with Gasteiger partial charge in [-0.2, -0.15) is 0 Å². The first-order valence-electron chi connectivity index (χ1n) is 9.17. The van der Waals surface area contributed by atoms with Gasteiger partial charge in [-0.25, -0.2) is 8.78 Å². The Morgan fingerprint density at radius 3 is 2.36 bits per heavy atom. The van der Waals surface area contributed by atoms with Crippen LogP contribution in [0.1, 0.15) is 12.5 Å². The van der Waals surface area contributed by atoms with Crippen LogP contribution < -0.4 is 9.80 Å². The number of hydrogen-bond donors (Lipinski definition) is 0. The van der Waals surface area contributed by atoms with E-state index in [2.05, 4.69) is 11.0 Å². The van der Waals surface area contributed by atoms with E-state index < -0.39 is 17.5 Å².